The fourth-order valence-corrected chi connectivity index (χ4v) is 0.159. The van der Waals surface area contributed by atoms with Gasteiger partial charge in [-0.1, -0.05) is 0 Å². The van der Waals surface area contributed by atoms with E-state index in [1.807, 2.05) is 0 Å². The van der Waals surface area contributed by atoms with E-state index >= 15 is 0 Å². The first-order valence-electron chi connectivity index (χ1n) is 1.90. The highest BCUT2D eigenvalue weighted by atomic mass is 16.4. The van der Waals surface area contributed by atoms with Crippen LogP contribution in [0.1, 0.15) is 0 Å². The Kier molecular flexibility index (Phi) is 2.39. The summed E-state index contributed by atoms with van der Waals surface area (Å²) in [5, 5.41) is 7.94. The van der Waals surface area contributed by atoms with E-state index in [1.54, 1.807) is 0 Å². The number of hydrogen-bond donors (Lipinski definition) is 3. The molecule has 0 aliphatic carbocycles. The lowest BCUT2D eigenvalue weighted by atomic mass is 11.0. The third-order valence-corrected chi connectivity index (χ3v) is 0.397. The van der Waals surface area contributed by atoms with E-state index < -0.39 is 5.97 Å². The lowest BCUT2D eigenvalue weighted by Crippen LogP contribution is -2.24. The van der Waals surface area contributed by atoms with Gasteiger partial charge in [-0.3, -0.25) is 4.79 Å². The number of carboxylic acid groups (broad SMARTS) is 1. The molecule has 5 N–H and O–H groups in total. The number of aliphatic imine (C=N–C) groups is 1. The molecule has 0 rings (SSSR count). The van der Waals surface area contributed by atoms with Crippen LogP contribution in [0.3, 0.4) is 0 Å². The number of nitrogens with two attached hydrogens (primary N) is 2. The Morgan fingerprint density at radius 1 is 1.62 bits per heavy atom. The van der Waals surface area contributed by atoms with Crippen LogP contribution in [-0.2, 0) is 4.79 Å². The minimum atomic E-state index is -1.04. The van der Waals surface area contributed by atoms with Gasteiger partial charge < -0.3 is 16.6 Å². The van der Waals surface area contributed by atoms with E-state index in [1.165, 1.54) is 0 Å². The molecule has 0 saturated heterocycles. The smallest absolute Gasteiger partial charge is 0.325 e. The van der Waals surface area contributed by atoms with Crippen LogP contribution in [0.5, 0.6) is 0 Å². The molecule has 0 amide bonds. The normalized spacial score (nSPS) is 8.00. The molecule has 0 saturated carbocycles. The fraction of sp³-hybridized carbons (Fsp3) is 0.333. The molecule has 46 valence electrons. The van der Waals surface area contributed by atoms with Gasteiger partial charge in [0.15, 0.2) is 5.96 Å². The third-order valence-electron chi connectivity index (χ3n) is 0.397. The molecule has 0 bridgehead atoms. The highest BCUT2D eigenvalue weighted by Crippen LogP contribution is 1.65. The number of guanidine groups is 1. The van der Waals surface area contributed by atoms with Crippen LogP contribution in [-0.4, -0.2) is 23.6 Å². The molecule has 5 heteroatoms. The van der Waals surface area contributed by atoms with Crippen molar-refractivity contribution in [1.82, 2.24) is 0 Å². The molecule has 0 heterocycles. The van der Waals surface area contributed by atoms with Gasteiger partial charge in [-0.15, -0.1) is 0 Å². The maximum atomic E-state index is 9.69. The molecular weight excluding hydrogens is 111 g/mol. The molecular formula is C3H7N3O2. The zero-order chi connectivity index (χ0) is 6.57. The molecule has 0 unspecified atom stereocenters. The van der Waals surface area contributed by atoms with Gasteiger partial charge >= 0.3 is 5.97 Å². The maximum absolute atomic E-state index is 9.69. The van der Waals surface area contributed by atoms with Crippen molar-refractivity contribution < 1.29 is 9.90 Å². The summed E-state index contributed by atoms with van der Waals surface area (Å²) >= 11 is 0. The Morgan fingerprint density at radius 3 is 2.25 bits per heavy atom. The van der Waals surface area contributed by atoms with Crippen LogP contribution in [0.2, 0.25) is 0 Å². The zero-order valence-electron chi connectivity index (χ0n) is 4.16. The summed E-state index contributed by atoms with van der Waals surface area (Å²) in [6.07, 6.45) is 0. The molecule has 5 nitrogen and oxygen atoms in total. The van der Waals surface area contributed by atoms with Gasteiger partial charge in [0.05, 0.1) is 0 Å². The van der Waals surface area contributed by atoms with Crippen molar-refractivity contribution in [3.05, 3.63) is 0 Å². The highest BCUT2D eigenvalue weighted by molar-refractivity contribution is 5.79. The van der Waals surface area contributed by atoms with Gasteiger partial charge in [0.1, 0.15) is 6.54 Å². The molecule has 0 radical (unpaired) electrons. The van der Waals surface area contributed by atoms with Crippen molar-refractivity contribution >= 4 is 11.9 Å². The molecule has 0 aromatic heterocycles. The van der Waals surface area contributed by atoms with Gasteiger partial charge in [0.25, 0.3) is 0 Å². The first-order chi connectivity index (χ1) is 3.63. The fourth-order valence-electron chi connectivity index (χ4n) is 0.159. The number of nitrogens with zero attached hydrogens (tertiary/aromatic N) is 1. The Morgan fingerprint density at radius 2 is 2.12 bits per heavy atom. The van der Waals surface area contributed by atoms with Crippen LogP contribution in [0.4, 0.5) is 0 Å². The zero-order valence-corrected chi connectivity index (χ0v) is 4.16. The van der Waals surface area contributed by atoms with E-state index in [-0.39, 0.29) is 12.5 Å². The van der Waals surface area contributed by atoms with E-state index in [4.69, 9.17) is 16.6 Å². The maximum Gasteiger partial charge on any atom is 0.325 e. The van der Waals surface area contributed by atoms with Crippen LogP contribution in [0.15, 0.2) is 4.99 Å². The molecule has 0 spiro atoms. The van der Waals surface area contributed by atoms with Gasteiger partial charge in [-0.05, 0) is 0 Å². The van der Waals surface area contributed by atoms with E-state index in [0.29, 0.717) is 0 Å². The summed E-state index contributed by atoms with van der Waals surface area (Å²) in [6.45, 7) is -0.359. The summed E-state index contributed by atoms with van der Waals surface area (Å²) < 4.78 is 0. The highest BCUT2D eigenvalue weighted by Gasteiger charge is 1.90. The van der Waals surface area contributed by atoms with Gasteiger partial charge in [0.2, 0.25) is 0 Å². The summed E-state index contributed by atoms with van der Waals surface area (Å²) in [4.78, 5) is 12.9. The second-order valence-electron chi connectivity index (χ2n) is 1.13. The third kappa shape index (κ3) is 4.74. The van der Waals surface area contributed by atoms with Gasteiger partial charge in [-0.25, -0.2) is 4.99 Å². The molecule has 8 heavy (non-hydrogen) atoms. The van der Waals surface area contributed by atoms with Crippen LogP contribution < -0.4 is 11.5 Å². The van der Waals surface area contributed by atoms with Gasteiger partial charge in [0, 0.05) is 0 Å². The quantitative estimate of drug-likeness (QED) is 0.229. The van der Waals surface area contributed by atoms with Crippen molar-refractivity contribution in [3.8, 4) is 0 Å². The lowest BCUT2D eigenvalue weighted by Gasteiger charge is -1.85. The molecule has 0 aromatic rings. The molecule has 0 aliphatic heterocycles. The minimum absolute atomic E-state index is 0.201. The number of hydrogen-bond acceptors (Lipinski definition) is 2. The summed E-state index contributed by atoms with van der Waals surface area (Å²) in [7, 11) is 0. The molecule has 0 fully saturated rings. The largest absolute Gasteiger partial charge is 0.480 e. The summed E-state index contributed by atoms with van der Waals surface area (Å²) in [5.74, 6) is -1.24. The Bertz CT molecular complexity index is 116. The Labute approximate surface area is 46.0 Å². The number of carboxylic acids is 1. The lowest BCUT2D eigenvalue weighted by molar-refractivity contribution is -0.135. The molecule has 0 aromatic carbocycles. The van der Waals surface area contributed by atoms with Crippen molar-refractivity contribution in [3.63, 3.8) is 0 Å². The predicted molar refractivity (Wildman–Crippen MR) is 28.3 cm³/mol. The summed E-state index contributed by atoms with van der Waals surface area (Å²) in [5.41, 5.74) is 9.61. The SMILES string of the molecule is NC(N)=N[13CH2]C(=O)O. The minimum Gasteiger partial charge on any atom is -0.480 e. The molecule has 0 atom stereocenters. The van der Waals surface area contributed by atoms with E-state index in [0.717, 1.165) is 0 Å². The van der Waals surface area contributed by atoms with Crippen LogP contribution in [0, 0.1) is 0 Å². The standard InChI is InChI=1S/C3H7N3O2/c4-3(5)6-1-2(7)8/h1H2,(H,7,8)(H4,4,5,6)/i1+1. The number of carbonyl (C=O) groups is 1. The Hall–Kier alpha value is -1.26. The first kappa shape index (κ1) is 6.74. The Balaban J connectivity index is 3.45. The van der Waals surface area contributed by atoms with Gasteiger partial charge in [-0.2, -0.15) is 0 Å². The second-order valence-corrected chi connectivity index (χ2v) is 1.13. The van der Waals surface area contributed by atoms with E-state index in [2.05, 4.69) is 4.99 Å². The van der Waals surface area contributed by atoms with Crippen molar-refractivity contribution in [2.45, 2.75) is 0 Å². The average molecular weight is 118 g/mol. The average Bonchev–Trinajstić information content (AvgIpc) is 1.61. The van der Waals surface area contributed by atoms with Crippen LogP contribution in [0.25, 0.3) is 0 Å². The summed E-state index contributed by atoms with van der Waals surface area (Å²) in [6, 6.07) is 0. The first-order valence-corrected chi connectivity index (χ1v) is 1.90. The number of rotatable bonds is 2. The molecule has 0 aliphatic rings. The number of aliphatic carboxylic acids is 1. The topological polar surface area (TPSA) is 102 Å². The van der Waals surface area contributed by atoms with E-state index in [9.17, 15) is 4.79 Å². The second kappa shape index (κ2) is 2.84. The van der Waals surface area contributed by atoms with Crippen molar-refractivity contribution in [2.24, 2.45) is 16.5 Å². The monoisotopic (exact) mass is 118 g/mol. The van der Waals surface area contributed by atoms with Crippen LogP contribution >= 0.6 is 0 Å². The predicted octanol–water partition coefficient (Wildman–Crippen LogP) is -1.66. The van der Waals surface area contributed by atoms with Crippen molar-refractivity contribution in [2.75, 3.05) is 6.54 Å². The van der Waals surface area contributed by atoms with Crippen molar-refractivity contribution in [1.29, 1.82) is 0 Å².